The Bertz CT molecular complexity index is 585. The van der Waals surface area contributed by atoms with Gasteiger partial charge in [-0.15, -0.1) is 16.9 Å². The van der Waals surface area contributed by atoms with Crippen molar-refractivity contribution in [1.29, 1.82) is 0 Å². The van der Waals surface area contributed by atoms with Gasteiger partial charge in [-0.25, -0.2) is 4.68 Å². The van der Waals surface area contributed by atoms with Crippen molar-refractivity contribution in [2.45, 2.75) is 0 Å². The largest absolute Gasteiger partial charge is 0.549 e. The number of carboxylic acids is 1. The minimum atomic E-state index is -1.19. The molecule has 0 radical (unpaired) electrons. The highest BCUT2D eigenvalue weighted by atomic mass is 32.2. The summed E-state index contributed by atoms with van der Waals surface area (Å²) in [6.07, 6.45) is 1.46. The monoisotopic (exact) mass is 292 g/mol. The zero-order valence-corrected chi connectivity index (χ0v) is 11.0. The molecule has 1 heterocycles. The van der Waals surface area contributed by atoms with Crippen molar-refractivity contribution in [2.24, 2.45) is 0 Å². The van der Waals surface area contributed by atoms with E-state index in [9.17, 15) is 14.7 Å². The first-order valence-electron chi connectivity index (χ1n) is 5.56. The molecule has 0 aliphatic rings. The van der Waals surface area contributed by atoms with E-state index in [4.69, 9.17) is 0 Å². The summed E-state index contributed by atoms with van der Waals surface area (Å²) in [5.41, 5.74) is 1.38. The van der Waals surface area contributed by atoms with Crippen molar-refractivity contribution in [3.8, 4) is 5.69 Å². The van der Waals surface area contributed by atoms with Crippen LogP contribution in [0, 0.1) is 0 Å². The summed E-state index contributed by atoms with van der Waals surface area (Å²) < 4.78 is 1.49. The molecule has 1 amide bonds. The summed E-state index contributed by atoms with van der Waals surface area (Å²) in [7, 11) is 0. The van der Waals surface area contributed by atoms with Crippen LogP contribution in [0.2, 0.25) is 0 Å². The number of aliphatic carboxylic acids is 1. The van der Waals surface area contributed by atoms with Crippen LogP contribution in [0.15, 0.2) is 30.6 Å². The molecule has 0 spiro atoms. The van der Waals surface area contributed by atoms with E-state index >= 15 is 0 Å². The number of tetrazole rings is 1. The van der Waals surface area contributed by atoms with Crippen LogP contribution in [-0.2, 0) is 9.59 Å². The van der Waals surface area contributed by atoms with E-state index in [0.717, 1.165) is 17.4 Å². The fraction of sp³-hybridized carbons (Fsp3) is 0.182. The van der Waals surface area contributed by atoms with Gasteiger partial charge in [-0.3, -0.25) is 4.79 Å². The number of carboxylic acid groups (broad SMARTS) is 1. The molecular formula is C11H10N5O3S-. The molecule has 9 heteroatoms. The third kappa shape index (κ3) is 4.05. The van der Waals surface area contributed by atoms with Crippen LogP contribution in [0.5, 0.6) is 0 Å². The molecular weight excluding hydrogens is 282 g/mol. The van der Waals surface area contributed by atoms with E-state index in [1.807, 2.05) is 0 Å². The van der Waals surface area contributed by atoms with E-state index in [0.29, 0.717) is 5.69 Å². The van der Waals surface area contributed by atoms with Crippen molar-refractivity contribution in [2.75, 3.05) is 16.8 Å². The number of benzene rings is 1. The highest BCUT2D eigenvalue weighted by Crippen LogP contribution is 2.12. The van der Waals surface area contributed by atoms with Crippen LogP contribution >= 0.6 is 11.8 Å². The van der Waals surface area contributed by atoms with Crippen molar-refractivity contribution in [3.05, 3.63) is 30.6 Å². The Kier molecular flexibility index (Phi) is 4.66. The van der Waals surface area contributed by atoms with E-state index in [1.54, 1.807) is 24.3 Å². The quantitative estimate of drug-likeness (QED) is 0.732. The number of hydrogen-bond acceptors (Lipinski definition) is 7. The minimum absolute atomic E-state index is 0.0583. The Balaban J connectivity index is 1.87. The van der Waals surface area contributed by atoms with Crippen LogP contribution in [-0.4, -0.2) is 43.6 Å². The molecule has 2 rings (SSSR count). The average Bonchev–Trinajstić information content (AvgIpc) is 2.93. The zero-order valence-electron chi connectivity index (χ0n) is 10.2. The molecule has 1 N–H and O–H groups in total. The first-order valence-corrected chi connectivity index (χ1v) is 6.71. The number of carbonyl (C=O) groups excluding carboxylic acids is 2. The van der Waals surface area contributed by atoms with Gasteiger partial charge in [-0.2, -0.15) is 0 Å². The van der Waals surface area contributed by atoms with Gasteiger partial charge < -0.3 is 15.2 Å². The molecule has 0 atom stereocenters. The Morgan fingerprint density at radius 1 is 1.25 bits per heavy atom. The van der Waals surface area contributed by atoms with Gasteiger partial charge in [0.2, 0.25) is 5.91 Å². The Labute approximate surface area is 118 Å². The second-order valence-electron chi connectivity index (χ2n) is 3.71. The molecule has 0 saturated carbocycles. The minimum Gasteiger partial charge on any atom is -0.549 e. The molecule has 0 saturated heterocycles. The molecule has 20 heavy (non-hydrogen) atoms. The number of nitrogens with zero attached hydrogens (tertiary/aromatic N) is 4. The summed E-state index contributed by atoms with van der Waals surface area (Å²) >= 11 is 0.985. The predicted octanol–water partition coefficient (Wildman–Crippen LogP) is -0.916. The van der Waals surface area contributed by atoms with Crippen molar-refractivity contribution >= 4 is 29.3 Å². The smallest absolute Gasteiger partial charge is 0.234 e. The number of hydrogen-bond donors (Lipinski definition) is 1. The second-order valence-corrected chi connectivity index (χ2v) is 4.70. The predicted molar refractivity (Wildman–Crippen MR) is 70.1 cm³/mol. The van der Waals surface area contributed by atoms with Crippen molar-refractivity contribution in [3.63, 3.8) is 0 Å². The number of anilines is 1. The number of carbonyl (C=O) groups is 2. The standard InChI is InChI=1S/C11H11N5O3S/c17-10(5-20-6-11(18)19)13-8-1-3-9(4-2-8)16-7-12-14-15-16/h1-4,7H,5-6H2,(H,13,17)(H,18,19)/p-1. The summed E-state index contributed by atoms with van der Waals surface area (Å²) in [5, 5.41) is 23.6. The summed E-state index contributed by atoms with van der Waals surface area (Å²) in [6.45, 7) is 0. The third-order valence-corrected chi connectivity index (χ3v) is 3.12. The molecule has 1 aromatic carbocycles. The number of rotatable bonds is 6. The first-order chi connectivity index (χ1) is 9.65. The van der Waals surface area contributed by atoms with Gasteiger partial charge in [0, 0.05) is 11.4 Å². The molecule has 1 aromatic heterocycles. The van der Waals surface area contributed by atoms with Gasteiger partial charge in [-0.1, -0.05) is 0 Å². The van der Waals surface area contributed by atoms with Crippen LogP contribution < -0.4 is 10.4 Å². The van der Waals surface area contributed by atoms with E-state index in [-0.39, 0.29) is 17.4 Å². The molecule has 2 aromatic rings. The topological polar surface area (TPSA) is 113 Å². The van der Waals surface area contributed by atoms with Gasteiger partial charge in [0.25, 0.3) is 0 Å². The maximum absolute atomic E-state index is 11.5. The lowest BCUT2D eigenvalue weighted by Gasteiger charge is -2.06. The third-order valence-electron chi connectivity index (χ3n) is 2.22. The first kappa shape index (κ1) is 14.0. The normalized spacial score (nSPS) is 10.2. The number of thioether (sulfide) groups is 1. The SMILES string of the molecule is O=C([O-])CSCC(=O)Nc1ccc(-n2cnnn2)cc1. The summed E-state index contributed by atoms with van der Waals surface area (Å²) in [4.78, 5) is 21.7. The fourth-order valence-electron chi connectivity index (χ4n) is 1.40. The molecule has 0 bridgehead atoms. The number of amides is 1. The lowest BCUT2D eigenvalue weighted by Crippen LogP contribution is -2.25. The van der Waals surface area contributed by atoms with Gasteiger partial charge in [-0.05, 0) is 34.7 Å². The van der Waals surface area contributed by atoms with E-state index in [2.05, 4.69) is 20.8 Å². The van der Waals surface area contributed by atoms with Crippen LogP contribution in [0.1, 0.15) is 0 Å². The lowest BCUT2D eigenvalue weighted by atomic mass is 10.3. The molecule has 8 nitrogen and oxygen atoms in total. The van der Waals surface area contributed by atoms with Crippen LogP contribution in [0.4, 0.5) is 5.69 Å². The molecule has 0 aliphatic heterocycles. The molecule has 0 unspecified atom stereocenters. The maximum Gasteiger partial charge on any atom is 0.234 e. The Morgan fingerprint density at radius 3 is 2.60 bits per heavy atom. The summed E-state index contributed by atoms with van der Waals surface area (Å²) in [6, 6.07) is 6.91. The van der Waals surface area contributed by atoms with Crippen LogP contribution in [0.25, 0.3) is 5.69 Å². The van der Waals surface area contributed by atoms with Crippen molar-refractivity contribution < 1.29 is 14.7 Å². The van der Waals surface area contributed by atoms with E-state index < -0.39 is 5.97 Å². The fourth-order valence-corrected chi connectivity index (χ4v) is 1.93. The Morgan fingerprint density at radius 2 is 2.00 bits per heavy atom. The Hall–Kier alpha value is -2.42. The summed E-state index contributed by atoms with van der Waals surface area (Å²) in [5.74, 6) is -1.60. The number of aromatic nitrogens is 4. The lowest BCUT2D eigenvalue weighted by molar-refractivity contribution is -0.301. The average molecular weight is 292 g/mol. The molecule has 0 fully saturated rings. The number of nitrogens with one attached hydrogen (secondary N) is 1. The van der Waals surface area contributed by atoms with Gasteiger partial charge in [0.1, 0.15) is 6.33 Å². The van der Waals surface area contributed by atoms with Crippen LogP contribution in [0.3, 0.4) is 0 Å². The zero-order chi connectivity index (χ0) is 14.4. The van der Waals surface area contributed by atoms with Crippen molar-refractivity contribution in [1.82, 2.24) is 20.2 Å². The highest BCUT2D eigenvalue weighted by molar-refractivity contribution is 8.00. The van der Waals surface area contributed by atoms with Gasteiger partial charge in [0.15, 0.2) is 0 Å². The van der Waals surface area contributed by atoms with Gasteiger partial charge >= 0.3 is 0 Å². The van der Waals surface area contributed by atoms with E-state index in [1.165, 1.54) is 11.0 Å². The second kappa shape index (κ2) is 6.66. The molecule has 0 aliphatic carbocycles. The highest BCUT2D eigenvalue weighted by Gasteiger charge is 2.03. The molecule has 104 valence electrons. The maximum atomic E-state index is 11.5. The van der Waals surface area contributed by atoms with Gasteiger partial charge in [0.05, 0.1) is 17.4 Å².